The van der Waals surface area contributed by atoms with E-state index in [0.717, 1.165) is 0 Å². The minimum atomic E-state index is -0.876. The number of likely N-dealkylation sites (N-methyl/N-ethyl adjacent to an activating group) is 1. The molecule has 2 aromatic heterocycles. The van der Waals surface area contributed by atoms with E-state index in [1.807, 2.05) is 25.7 Å². The minimum Gasteiger partial charge on any atom is -0.487 e. The molecule has 4 atom stereocenters. The maximum Gasteiger partial charge on any atom is 0.252 e. The molecule has 3 fully saturated rings. The molecule has 0 radical (unpaired) electrons. The Hall–Kier alpha value is -2.90. The van der Waals surface area contributed by atoms with Crippen LogP contribution in [0.1, 0.15) is 27.0 Å². The number of hydrogen-bond acceptors (Lipinski definition) is 10. The third kappa shape index (κ3) is 4.39. The molecular weight excluding hydrogens is 537 g/mol. The van der Waals surface area contributed by atoms with Gasteiger partial charge in [0.05, 0.1) is 29.5 Å². The Labute approximate surface area is 228 Å². The first kappa shape index (κ1) is 25.4. The zero-order valence-corrected chi connectivity index (χ0v) is 22.4. The van der Waals surface area contributed by atoms with Crippen LogP contribution in [0.2, 0.25) is 10.0 Å². The van der Waals surface area contributed by atoms with Crippen LogP contribution in [0.3, 0.4) is 0 Å². The number of nitrogens with zero attached hydrogens (tertiary/aromatic N) is 5. The second-order valence-electron chi connectivity index (χ2n) is 9.86. The van der Waals surface area contributed by atoms with E-state index in [0.29, 0.717) is 52.5 Å². The Morgan fingerprint density at radius 3 is 2.71 bits per heavy atom. The summed E-state index contributed by atoms with van der Waals surface area (Å²) in [7, 11) is 0. The van der Waals surface area contributed by atoms with Gasteiger partial charge in [0.15, 0.2) is 29.6 Å². The predicted octanol–water partition coefficient (Wildman–Crippen LogP) is 2.54. The van der Waals surface area contributed by atoms with Gasteiger partial charge in [-0.15, -0.1) is 0 Å². The Bertz CT molecular complexity index is 1400. The summed E-state index contributed by atoms with van der Waals surface area (Å²) in [4.78, 5) is 28.3. The fraction of sp³-hybridized carbons (Fsp3) is 0.500. The van der Waals surface area contributed by atoms with Crippen LogP contribution in [-0.2, 0) is 19.0 Å². The molecule has 0 aliphatic carbocycles. The molecule has 0 spiro atoms. The summed E-state index contributed by atoms with van der Waals surface area (Å²) in [6.45, 7) is 7.03. The van der Waals surface area contributed by atoms with E-state index in [1.165, 1.54) is 0 Å². The summed E-state index contributed by atoms with van der Waals surface area (Å²) in [5, 5.41) is 3.70. The van der Waals surface area contributed by atoms with Crippen molar-refractivity contribution in [3.8, 4) is 5.75 Å². The van der Waals surface area contributed by atoms with Crippen LogP contribution in [-0.4, -0.2) is 75.3 Å². The number of fused-ring (bicyclic) bond motifs is 2. The maximum atomic E-state index is 12.7. The first-order chi connectivity index (χ1) is 18.1. The third-order valence-corrected chi connectivity index (χ3v) is 7.41. The van der Waals surface area contributed by atoms with Crippen LogP contribution >= 0.6 is 23.2 Å². The van der Waals surface area contributed by atoms with Gasteiger partial charge in [-0.05, 0) is 32.9 Å². The number of aromatic nitrogens is 4. The van der Waals surface area contributed by atoms with Crippen LogP contribution < -0.4 is 20.7 Å². The molecule has 5 heterocycles. The largest absolute Gasteiger partial charge is 0.487 e. The zero-order valence-electron chi connectivity index (χ0n) is 20.9. The van der Waals surface area contributed by atoms with Crippen LogP contribution in [0.15, 0.2) is 24.5 Å². The van der Waals surface area contributed by atoms with Crippen molar-refractivity contribution in [1.29, 1.82) is 0 Å². The summed E-state index contributed by atoms with van der Waals surface area (Å²) in [5.74, 6) is 0.160. The Morgan fingerprint density at radius 2 is 1.97 bits per heavy atom. The summed E-state index contributed by atoms with van der Waals surface area (Å²) in [6.07, 6.45) is -1.21. The monoisotopic (exact) mass is 563 g/mol. The number of rotatable bonds is 6. The van der Waals surface area contributed by atoms with E-state index < -0.39 is 30.3 Å². The summed E-state index contributed by atoms with van der Waals surface area (Å²) in [6, 6.07) is 5.15. The van der Waals surface area contributed by atoms with Gasteiger partial charge in [0, 0.05) is 12.6 Å². The number of carbonyl (C=O) groups is 1. The average Bonchev–Trinajstić information content (AvgIpc) is 3.49. The fourth-order valence-electron chi connectivity index (χ4n) is 4.96. The zero-order chi connectivity index (χ0) is 26.8. The highest BCUT2D eigenvalue weighted by Gasteiger charge is 2.58. The van der Waals surface area contributed by atoms with Gasteiger partial charge in [0.1, 0.15) is 29.6 Å². The second kappa shape index (κ2) is 9.38. The number of benzene rings is 1. The molecule has 3 saturated heterocycles. The van der Waals surface area contributed by atoms with Gasteiger partial charge in [-0.25, -0.2) is 4.98 Å². The SMILES string of the molecule is CCNC(=O)[C@@H]1O[C@@H](n2cnc3c(N)nc(N4CC(Oc5ccc(Cl)c(Cl)c5)C4)nc32)[C@@H]2OC(C)(C)O[C@H]21. The van der Waals surface area contributed by atoms with Crippen molar-refractivity contribution in [1.82, 2.24) is 24.8 Å². The molecule has 6 rings (SSSR count). The van der Waals surface area contributed by atoms with Gasteiger partial charge in [0.2, 0.25) is 5.95 Å². The van der Waals surface area contributed by atoms with Gasteiger partial charge in [0.25, 0.3) is 5.91 Å². The molecule has 0 unspecified atom stereocenters. The lowest BCUT2D eigenvalue weighted by Gasteiger charge is -2.39. The van der Waals surface area contributed by atoms with Gasteiger partial charge in [-0.3, -0.25) is 9.36 Å². The van der Waals surface area contributed by atoms with E-state index in [2.05, 4.69) is 15.3 Å². The number of halogens is 2. The molecule has 202 valence electrons. The fourth-order valence-corrected chi connectivity index (χ4v) is 5.25. The average molecular weight is 564 g/mol. The molecule has 12 nitrogen and oxygen atoms in total. The number of nitrogen functional groups attached to an aromatic ring is 1. The van der Waals surface area contributed by atoms with Crippen molar-refractivity contribution in [2.24, 2.45) is 0 Å². The van der Waals surface area contributed by atoms with Gasteiger partial charge >= 0.3 is 0 Å². The number of hydrogen-bond donors (Lipinski definition) is 2. The van der Waals surface area contributed by atoms with Crippen molar-refractivity contribution < 1.29 is 23.7 Å². The van der Waals surface area contributed by atoms with Crippen molar-refractivity contribution in [2.75, 3.05) is 30.3 Å². The van der Waals surface area contributed by atoms with Gasteiger partial charge in [-0.2, -0.15) is 9.97 Å². The highest BCUT2D eigenvalue weighted by atomic mass is 35.5. The predicted molar refractivity (Wildman–Crippen MR) is 139 cm³/mol. The molecule has 0 saturated carbocycles. The Balaban J connectivity index is 1.24. The first-order valence-electron chi connectivity index (χ1n) is 12.3. The Morgan fingerprint density at radius 1 is 1.21 bits per heavy atom. The number of nitrogens with two attached hydrogens (primary N) is 1. The Kier molecular flexibility index (Phi) is 6.27. The normalized spacial score (nSPS) is 26.4. The van der Waals surface area contributed by atoms with E-state index in [-0.39, 0.29) is 17.8 Å². The molecule has 0 bridgehead atoms. The van der Waals surface area contributed by atoms with Crippen LogP contribution in [0, 0.1) is 0 Å². The highest BCUT2D eigenvalue weighted by Crippen LogP contribution is 2.44. The number of carbonyl (C=O) groups excluding carboxylic acids is 1. The van der Waals surface area contributed by atoms with Crippen molar-refractivity contribution in [2.45, 2.75) is 57.2 Å². The van der Waals surface area contributed by atoms with Gasteiger partial charge in [-0.1, -0.05) is 23.2 Å². The second-order valence-corrected chi connectivity index (χ2v) is 10.7. The molecule has 1 amide bonds. The lowest BCUT2D eigenvalue weighted by molar-refractivity contribution is -0.197. The van der Waals surface area contributed by atoms with Crippen molar-refractivity contribution in [3.63, 3.8) is 0 Å². The molecule has 3 aliphatic rings. The summed E-state index contributed by atoms with van der Waals surface area (Å²) >= 11 is 12.1. The standard InChI is InChI=1S/C24H27Cl2N7O5/c1-4-28-21(34)17-16-18(38-24(2,3)37-16)22(36-17)33-10-29-15-19(27)30-23(31-20(15)33)32-8-12(9-32)35-11-5-6-13(25)14(26)7-11/h5-7,10,12,16-18,22H,4,8-9H2,1-3H3,(H,28,34)(H2,27,30,31)/t16-,17+,18+,22+/m0/s1. The first-order valence-corrected chi connectivity index (χ1v) is 13.0. The molecule has 14 heteroatoms. The molecule has 38 heavy (non-hydrogen) atoms. The van der Waals surface area contributed by atoms with Crippen molar-refractivity contribution >= 4 is 52.0 Å². The van der Waals surface area contributed by atoms with Crippen LogP contribution in [0.5, 0.6) is 5.75 Å². The smallest absolute Gasteiger partial charge is 0.252 e. The van der Waals surface area contributed by atoms with E-state index in [4.69, 9.17) is 52.9 Å². The quantitative estimate of drug-likeness (QED) is 0.459. The van der Waals surface area contributed by atoms with E-state index in [9.17, 15) is 4.79 Å². The van der Waals surface area contributed by atoms with Crippen molar-refractivity contribution in [3.05, 3.63) is 34.6 Å². The summed E-state index contributed by atoms with van der Waals surface area (Å²) < 4.78 is 26.1. The molecule has 3 N–H and O–H groups in total. The van der Waals surface area contributed by atoms with E-state index in [1.54, 1.807) is 29.1 Å². The molecular formula is C24H27Cl2N7O5. The molecule has 1 aromatic carbocycles. The number of amides is 1. The maximum absolute atomic E-state index is 12.7. The number of imidazole rings is 1. The third-order valence-electron chi connectivity index (χ3n) is 6.67. The molecule has 3 aromatic rings. The van der Waals surface area contributed by atoms with E-state index >= 15 is 0 Å². The number of nitrogens with one attached hydrogen (secondary N) is 1. The lowest BCUT2D eigenvalue weighted by Crippen LogP contribution is -2.54. The van der Waals surface area contributed by atoms with Gasteiger partial charge < -0.3 is 34.9 Å². The number of ether oxygens (including phenoxy) is 4. The summed E-state index contributed by atoms with van der Waals surface area (Å²) in [5.41, 5.74) is 7.16. The van der Waals surface area contributed by atoms with Crippen LogP contribution in [0.25, 0.3) is 11.2 Å². The molecule has 3 aliphatic heterocycles. The minimum absolute atomic E-state index is 0.0827. The number of anilines is 2. The lowest BCUT2D eigenvalue weighted by atomic mass is 10.1. The highest BCUT2D eigenvalue weighted by molar-refractivity contribution is 6.42. The van der Waals surface area contributed by atoms with Crippen LogP contribution in [0.4, 0.5) is 11.8 Å². The topological polar surface area (TPSA) is 139 Å².